The van der Waals surface area contributed by atoms with Crippen LogP contribution in [0.5, 0.6) is 0 Å². The fraction of sp³-hybridized carbons (Fsp3) is 0.500. The number of benzene rings is 1. The van der Waals surface area contributed by atoms with Gasteiger partial charge in [-0.15, -0.1) is 0 Å². The molecule has 21 heavy (non-hydrogen) atoms. The smallest absolute Gasteiger partial charge is 0.323 e. The summed E-state index contributed by atoms with van der Waals surface area (Å²) < 4.78 is 10.2. The molecule has 114 valence electrons. The van der Waals surface area contributed by atoms with Gasteiger partial charge in [0, 0.05) is 4.92 Å². The molecule has 1 aromatic rings. The third-order valence-electron chi connectivity index (χ3n) is 3.29. The average molecular weight is 294 g/mol. The van der Waals surface area contributed by atoms with Crippen molar-refractivity contribution in [1.82, 2.24) is 5.32 Å². The zero-order valence-electron chi connectivity index (χ0n) is 11.8. The quantitative estimate of drug-likeness (QED) is 0.453. The van der Waals surface area contributed by atoms with Crippen LogP contribution in [0, 0.1) is 10.1 Å². The van der Waals surface area contributed by atoms with E-state index in [9.17, 15) is 14.9 Å². The molecule has 7 nitrogen and oxygen atoms in total. The molecule has 1 N–H and O–H groups in total. The Balaban J connectivity index is 1.83. The number of nitrogens with one attached hydrogen (secondary N) is 1. The first kappa shape index (κ1) is 15.4. The van der Waals surface area contributed by atoms with Gasteiger partial charge in [0.15, 0.2) is 0 Å². The highest BCUT2D eigenvalue weighted by Crippen LogP contribution is 2.18. The van der Waals surface area contributed by atoms with Gasteiger partial charge < -0.3 is 9.47 Å². The van der Waals surface area contributed by atoms with Crippen LogP contribution in [0.15, 0.2) is 30.3 Å². The standard InChI is InChI=1S/C14H18N2O5/c1-11(15-14(8-16(18)19)9-20-10-14)13(17)21-7-12-5-3-2-4-6-12/h2-6,11,15H,7-10H2,1H3. The molecule has 0 radical (unpaired) electrons. The van der Waals surface area contributed by atoms with E-state index in [2.05, 4.69) is 5.32 Å². The molecule has 1 heterocycles. The Bertz CT molecular complexity index is 501. The first-order valence-corrected chi connectivity index (χ1v) is 6.69. The zero-order chi connectivity index (χ0) is 15.3. The Hall–Kier alpha value is -1.99. The van der Waals surface area contributed by atoms with E-state index in [0.29, 0.717) is 0 Å². The van der Waals surface area contributed by atoms with Crippen molar-refractivity contribution >= 4 is 5.97 Å². The second-order valence-corrected chi connectivity index (χ2v) is 5.22. The highest BCUT2D eigenvalue weighted by atomic mass is 16.6. The maximum absolute atomic E-state index is 11.9. The number of rotatable bonds is 7. The van der Waals surface area contributed by atoms with Crippen molar-refractivity contribution in [1.29, 1.82) is 0 Å². The number of carbonyl (C=O) groups excluding carboxylic acids is 1. The number of ether oxygens (including phenoxy) is 2. The van der Waals surface area contributed by atoms with Gasteiger partial charge in [-0.1, -0.05) is 30.3 Å². The van der Waals surface area contributed by atoms with Crippen LogP contribution in [-0.2, 0) is 20.9 Å². The SMILES string of the molecule is CC(NC1(C[N+](=O)[O-])COC1)C(=O)OCc1ccccc1. The summed E-state index contributed by atoms with van der Waals surface area (Å²) in [5.74, 6) is -0.437. The Kier molecular flexibility index (Phi) is 4.87. The van der Waals surface area contributed by atoms with Gasteiger partial charge in [-0.25, -0.2) is 0 Å². The average Bonchev–Trinajstić information content (AvgIpc) is 2.42. The van der Waals surface area contributed by atoms with Crippen LogP contribution < -0.4 is 5.32 Å². The number of hydrogen-bond acceptors (Lipinski definition) is 6. The minimum absolute atomic E-state index is 0.185. The van der Waals surface area contributed by atoms with Gasteiger partial charge in [0.05, 0.1) is 13.2 Å². The predicted octanol–water partition coefficient (Wildman–Crippen LogP) is 0.754. The summed E-state index contributed by atoms with van der Waals surface area (Å²) in [7, 11) is 0. The molecule has 1 aliphatic heterocycles. The van der Waals surface area contributed by atoms with E-state index in [1.807, 2.05) is 30.3 Å². The van der Waals surface area contributed by atoms with Crippen molar-refractivity contribution in [2.75, 3.05) is 19.8 Å². The van der Waals surface area contributed by atoms with Crippen molar-refractivity contribution in [3.05, 3.63) is 46.0 Å². The van der Waals surface area contributed by atoms with E-state index >= 15 is 0 Å². The summed E-state index contributed by atoms with van der Waals surface area (Å²) in [5.41, 5.74) is 0.124. The molecule has 1 unspecified atom stereocenters. The van der Waals surface area contributed by atoms with E-state index in [-0.39, 0.29) is 26.4 Å². The molecule has 0 aliphatic carbocycles. The van der Waals surface area contributed by atoms with Gasteiger partial charge >= 0.3 is 5.97 Å². The molecule has 1 atom stereocenters. The maximum atomic E-state index is 11.9. The van der Waals surface area contributed by atoms with Crippen LogP contribution in [-0.4, -0.2) is 42.2 Å². The molecule has 0 spiro atoms. The number of hydrogen-bond donors (Lipinski definition) is 1. The second-order valence-electron chi connectivity index (χ2n) is 5.22. The molecular formula is C14H18N2O5. The number of nitrogens with zero attached hydrogens (tertiary/aromatic N) is 1. The van der Waals surface area contributed by atoms with E-state index in [1.54, 1.807) is 6.92 Å². The van der Waals surface area contributed by atoms with E-state index < -0.39 is 22.5 Å². The molecule has 1 aromatic carbocycles. The largest absolute Gasteiger partial charge is 0.460 e. The number of nitro groups is 1. The molecule has 0 amide bonds. The highest BCUT2D eigenvalue weighted by molar-refractivity contribution is 5.75. The molecular weight excluding hydrogens is 276 g/mol. The van der Waals surface area contributed by atoms with Crippen LogP contribution in [0.3, 0.4) is 0 Å². The van der Waals surface area contributed by atoms with E-state index in [1.165, 1.54) is 0 Å². The predicted molar refractivity (Wildman–Crippen MR) is 74.2 cm³/mol. The van der Waals surface area contributed by atoms with Crippen LogP contribution in [0.4, 0.5) is 0 Å². The van der Waals surface area contributed by atoms with Crippen LogP contribution in [0.2, 0.25) is 0 Å². The number of carbonyl (C=O) groups is 1. The maximum Gasteiger partial charge on any atom is 0.323 e. The molecule has 0 saturated carbocycles. The third-order valence-corrected chi connectivity index (χ3v) is 3.29. The first-order chi connectivity index (χ1) is 10.0. The Labute approximate surface area is 122 Å². The van der Waals surface area contributed by atoms with Crippen LogP contribution in [0.25, 0.3) is 0 Å². The third kappa shape index (κ3) is 4.24. The van der Waals surface area contributed by atoms with Crippen molar-refractivity contribution in [2.24, 2.45) is 0 Å². The van der Waals surface area contributed by atoms with Crippen molar-refractivity contribution in [3.63, 3.8) is 0 Å². The van der Waals surface area contributed by atoms with Crippen LogP contribution in [0.1, 0.15) is 12.5 Å². The monoisotopic (exact) mass is 294 g/mol. The molecule has 0 bridgehead atoms. The van der Waals surface area contributed by atoms with Gasteiger partial charge in [-0.05, 0) is 12.5 Å². The molecule has 1 saturated heterocycles. The Morgan fingerprint density at radius 3 is 2.67 bits per heavy atom. The first-order valence-electron chi connectivity index (χ1n) is 6.69. The highest BCUT2D eigenvalue weighted by Gasteiger charge is 2.45. The topological polar surface area (TPSA) is 90.7 Å². The van der Waals surface area contributed by atoms with Crippen LogP contribution >= 0.6 is 0 Å². The second kappa shape index (κ2) is 6.64. The fourth-order valence-corrected chi connectivity index (χ4v) is 2.19. The molecule has 1 aliphatic rings. The summed E-state index contributed by atoms with van der Waals surface area (Å²) in [6.45, 7) is 2.00. The summed E-state index contributed by atoms with van der Waals surface area (Å²) in [6, 6.07) is 8.70. The molecule has 2 rings (SSSR count). The summed E-state index contributed by atoms with van der Waals surface area (Å²) in [6.07, 6.45) is 0. The van der Waals surface area contributed by atoms with Gasteiger partial charge in [-0.3, -0.25) is 20.2 Å². The fourth-order valence-electron chi connectivity index (χ4n) is 2.19. The van der Waals surface area contributed by atoms with Gasteiger partial charge in [0.25, 0.3) is 0 Å². The van der Waals surface area contributed by atoms with Crippen molar-refractivity contribution in [3.8, 4) is 0 Å². The van der Waals surface area contributed by atoms with Gasteiger partial charge in [0.2, 0.25) is 6.54 Å². The lowest BCUT2D eigenvalue weighted by molar-refractivity contribution is -0.498. The van der Waals surface area contributed by atoms with Crippen molar-refractivity contribution < 1.29 is 19.2 Å². The lowest BCUT2D eigenvalue weighted by Crippen LogP contribution is -2.67. The summed E-state index contributed by atoms with van der Waals surface area (Å²) in [5, 5.41) is 13.6. The zero-order valence-corrected chi connectivity index (χ0v) is 11.8. The lowest BCUT2D eigenvalue weighted by Gasteiger charge is -2.40. The molecule has 7 heteroatoms. The summed E-state index contributed by atoms with van der Waals surface area (Å²) >= 11 is 0. The molecule has 1 fully saturated rings. The minimum Gasteiger partial charge on any atom is -0.460 e. The normalized spacial score (nSPS) is 17.6. The van der Waals surface area contributed by atoms with E-state index in [4.69, 9.17) is 9.47 Å². The van der Waals surface area contributed by atoms with E-state index in [0.717, 1.165) is 5.56 Å². The van der Waals surface area contributed by atoms with Gasteiger partial charge in [0.1, 0.15) is 18.2 Å². The summed E-state index contributed by atoms with van der Waals surface area (Å²) in [4.78, 5) is 22.2. The minimum atomic E-state index is -0.769. The van der Waals surface area contributed by atoms with Gasteiger partial charge in [-0.2, -0.15) is 0 Å². The Morgan fingerprint density at radius 2 is 2.14 bits per heavy atom. The molecule has 0 aromatic heterocycles. The Morgan fingerprint density at radius 1 is 1.48 bits per heavy atom. The number of esters is 1. The lowest BCUT2D eigenvalue weighted by atomic mass is 9.96. The van der Waals surface area contributed by atoms with Crippen molar-refractivity contribution in [2.45, 2.75) is 25.1 Å².